The molecule has 0 bridgehead atoms. The summed E-state index contributed by atoms with van der Waals surface area (Å²) in [6.07, 6.45) is 1.85. The average molecular weight is 389 g/mol. The van der Waals surface area contributed by atoms with E-state index >= 15 is 0 Å². The molecule has 0 saturated carbocycles. The fourth-order valence-electron chi connectivity index (χ4n) is 3.12. The van der Waals surface area contributed by atoms with Crippen LogP contribution in [0.15, 0.2) is 66.9 Å². The fraction of sp³-hybridized carbons (Fsp3) is 0.0476. The van der Waals surface area contributed by atoms with Crippen molar-refractivity contribution in [2.24, 2.45) is 0 Å². The van der Waals surface area contributed by atoms with Gasteiger partial charge in [-0.3, -0.25) is 4.79 Å². The number of fused-ring (bicyclic) bond motifs is 3. The first-order chi connectivity index (χ1) is 12.2. The van der Waals surface area contributed by atoms with Crippen molar-refractivity contribution in [2.45, 2.75) is 5.33 Å². The van der Waals surface area contributed by atoms with Crippen LogP contribution in [-0.4, -0.2) is 10.2 Å². The van der Waals surface area contributed by atoms with E-state index in [-0.39, 0.29) is 5.78 Å². The molecule has 0 fully saturated rings. The lowest BCUT2D eigenvalue weighted by Gasteiger charge is -2.10. The first-order valence-electron chi connectivity index (χ1n) is 7.85. The quantitative estimate of drug-likeness (QED) is 0.362. The van der Waals surface area contributed by atoms with Gasteiger partial charge in [0.05, 0.1) is 16.6 Å². The molecule has 0 N–H and O–H groups in total. The molecule has 2 aromatic heterocycles. The molecule has 0 amide bonds. The average Bonchev–Trinajstić information content (AvgIpc) is 3.11. The molecular weight excluding hydrogens is 376 g/mol. The van der Waals surface area contributed by atoms with Crippen molar-refractivity contribution in [3.8, 4) is 6.07 Å². The van der Waals surface area contributed by atoms with Crippen molar-refractivity contribution in [2.75, 3.05) is 0 Å². The van der Waals surface area contributed by atoms with Crippen LogP contribution in [0.1, 0.15) is 27.0 Å². The van der Waals surface area contributed by atoms with Crippen LogP contribution in [0.5, 0.6) is 0 Å². The highest BCUT2D eigenvalue weighted by molar-refractivity contribution is 9.08. The Kier molecular flexibility index (Phi) is 3.87. The van der Waals surface area contributed by atoms with Gasteiger partial charge in [-0.15, -0.1) is 0 Å². The van der Waals surface area contributed by atoms with Crippen LogP contribution >= 0.6 is 15.9 Å². The number of nitriles is 1. The van der Waals surface area contributed by atoms with E-state index in [1.165, 1.54) is 0 Å². The smallest absolute Gasteiger partial charge is 0.195 e. The first kappa shape index (κ1) is 15.6. The van der Waals surface area contributed by atoms with Gasteiger partial charge in [-0.25, -0.2) is 0 Å². The maximum absolute atomic E-state index is 13.1. The number of aromatic nitrogens is 1. The highest BCUT2D eigenvalue weighted by Crippen LogP contribution is 2.27. The summed E-state index contributed by atoms with van der Waals surface area (Å²) in [5, 5.41) is 11.2. The van der Waals surface area contributed by atoms with Crippen LogP contribution in [-0.2, 0) is 5.33 Å². The molecule has 4 aromatic rings. The highest BCUT2D eigenvalue weighted by Gasteiger charge is 2.18. The van der Waals surface area contributed by atoms with E-state index in [2.05, 4.69) is 22.0 Å². The van der Waals surface area contributed by atoms with E-state index in [1.54, 1.807) is 6.07 Å². The van der Waals surface area contributed by atoms with Crippen molar-refractivity contribution in [1.82, 2.24) is 4.40 Å². The molecule has 4 heteroatoms. The molecule has 0 radical (unpaired) electrons. The predicted octanol–water partition coefficient (Wildman–Crippen LogP) is 5.09. The molecule has 25 heavy (non-hydrogen) atoms. The number of nitrogens with zero attached hydrogens (tertiary/aromatic N) is 2. The number of rotatable bonds is 3. The van der Waals surface area contributed by atoms with Crippen molar-refractivity contribution < 1.29 is 4.79 Å². The number of alkyl halides is 1. The summed E-state index contributed by atoms with van der Waals surface area (Å²) in [6.45, 7) is 0. The van der Waals surface area contributed by atoms with E-state index in [4.69, 9.17) is 0 Å². The molecule has 2 heterocycles. The zero-order valence-corrected chi connectivity index (χ0v) is 14.8. The molecule has 2 aromatic carbocycles. The molecule has 0 aliphatic carbocycles. The van der Waals surface area contributed by atoms with E-state index < -0.39 is 0 Å². The van der Waals surface area contributed by atoms with Gasteiger partial charge in [0.15, 0.2) is 5.78 Å². The molecular formula is C21H13BrN2O. The molecule has 120 valence electrons. The van der Waals surface area contributed by atoms with Crippen LogP contribution in [0.3, 0.4) is 0 Å². The van der Waals surface area contributed by atoms with E-state index in [1.807, 2.05) is 65.2 Å². The van der Waals surface area contributed by atoms with Gasteiger partial charge in [-0.1, -0.05) is 58.4 Å². The Bertz CT molecular complexity index is 1150. The van der Waals surface area contributed by atoms with Crippen LogP contribution in [0, 0.1) is 11.3 Å². The number of carbonyl (C=O) groups excluding carboxylic acids is 1. The normalized spacial score (nSPS) is 10.9. The third-order valence-electron chi connectivity index (χ3n) is 4.37. The minimum Gasteiger partial charge on any atom is -0.315 e. The summed E-state index contributed by atoms with van der Waals surface area (Å²) in [5.41, 5.74) is 4.42. The molecule has 0 unspecified atom stereocenters. The predicted molar refractivity (Wildman–Crippen MR) is 102 cm³/mol. The Labute approximate surface area is 153 Å². The summed E-state index contributed by atoms with van der Waals surface area (Å²) < 4.78 is 1.92. The molecule has 0 aliphatic heterocycles. The molecule has 3 nitrogen and oxygen atoms in total. The number of para-hydroxylation sites is 1. The first-order valence-corrected chi connectivity index (χ1v) is 8.97. The molecule has 0 atom stereocenters. The SMILES string of the molecule is N#Cc1ccn2c1c(C(=O)c1ccc(CBr)cc1)cc1ccccc12. The fourth-order valence-corrected chi connectivity index (χ4v) is 3.50. The largest absolute Gasteiger partial charge is 0.315 e. The molecule has 4 rings (SSSR count). The summed E-state index contributed by atoms with van der Waals surface area (Å²) in [6, 6.07) is 21.2. The van der Waals surface area contributed by atoms with Crippen LogP contribution in [0.2, 0.25) is 0 Å². The van der Waals surface area contributed by atoms with Gasteiger partial charge < -0.3 is 4.40 Å². The Morgan fingerprint density at radius 2 is 1.84 bits per heavy atom. The topological polar surface area (TPSA) is 45.3 Å². The lowest BCUT2D eigenvalue weighted by atomic mass is 9.99. The highest BCUT2D eigenvalue weighted by atomic mass is 79.9. The van der Waals surface area contributed by atoms with E-state index in [0.717, 1.165) is 21.8 Å². The number of benzene rings is 2. The van der Waals surface area contributed by atoms with Gasteiger partial charge in [0.1, 0.15) is 6.07 Å². The Balaban J connectivity index is 1.99. The monoisotopic (exact) mass is 388 g/mol. The van der Waals surface area contributed by atoms with Crippen LogP contribution < -0.4 is 0 Å². The summed E-state index contributed by atoms with van der Waals surface area (Å²) in [5.74, 6) is -0.0768. The third kappa shape index (κ3) is 2.54. The van der Waals surface area contributed by atoms with Crippen molar-refractivity contribution >= 4 is 38.1 Å². The number of pyridine rings is 1. The zero-order valence-electron chi connectivity index (χ0n) is 13.2. The van der Waals surface area contributed by atoms with Crippen LogP contribution in [0.25, 0.3) is 16.4 Å². The maximum atomic E-state index is 13.1. The van der Waals surface area contributed by atoms with Gasteiger partial charge in [-0.2, -0.15) is 5.26 Å². The number of halogens is 1. The minimum absolute atomic E-state index is 0.0768. The van der Waals surface area contributed by atoms with Gasteiger partial charge >= 0.3 is 0 Å². The second kappa shape index (κ2) is 6.19. The summed E-state index contributed by atoms with van der Waals surface area (Å²) >= 11 is 3.41. The number of hydrogen-bond acceptors (Lipinski definition) is 2. The van der Waals surface area contributed by atoms with Gasteiger partial charge in [0.25, 0.3) is 0 Å². The second-order valence-corrected chi connectivity index (χ2v) is 6.40. The van der Waals surface area contributed by atoms with Gasteiger partial charge in [-0.05, 0) is 29.1 Å². The Morgan fingerprint density at radius 1 is 1.08 bits per heavy atom. The van der Waals surface area contributed by atoms with E-state index in [0.29, 0.717) is 22.2 Å². The lowest BCUT2D eigenvalue weighted by Crippen LogP contribution is -2.05. The molecule has 0 saturated heterocycles. The molecule has 0 spiro atoms. The Morgan fingerprint density at radius 3 is 2.56 bits per heavy atom. The van der Waals surface area contributed by atoms with Crippen molar-refractivity contribution in [3.05, 3.63) is 89.1 Å². The number of hydrogen-bond donors (Lipinski definition) is 0. The van der Waals surface area contributed by atoms with Crippen molar-refractivity contribution in [1.29, 1.82) is 5.26 Å². The number of ketones is 1. The summed E-state index contributed by atoms with van der Waals surface area (Å²) in [7, 11) is 0. The number of carbonyl (C=O) groups is 1. The molecule has 0 aliphatic rings. The van der Waals surface area contributed by atoms with Gasteiger partial charge in [0, 0.05) is 22.7 Å². The Hall–Kier alpha value is -2.90. The van der Waals surface area contributed by atoms with E-state index in [9.17, 15) is 10.1 Å². The van der Waals surface area contributed by atoms with Crippen molar-refractivity contribution in [3.63, 3.8) is 0 Å². The lowest BCUT2D eigenvalue weighted by molar-refractivity contribution is 0.104. The van der Waals surface area contributed by atoms with Gasteiger partial charge in [0.2, 0.25) is 0 Å². The summed E-state index contributed by atoms with van der Waals surface area (Å²) in [4.78, 5) is 13.1. The van der Waals surface area contributed by atoms with Crippen LogP contribution in [0.4, 0.5) is 0 Å². The zero-order chi connectivity index (χ0) is 17.4. The maximum Gasteiger partial charge on any atom is 0.195 e. The standard InChI is InChI=1S/C21H13BrN2O/c22-12-14-5-7-15(8-6-14)21(25)18-11-16-3-1-2-4-19(16)24-10-9-17(13-23)20(18)24/h1-11H,12H2. The second-order valence-electron chi connectivity index (χ2n) is 5.84. The third-order valence-corrected chi connectivity index (χ3v) is 5.02. The minimum atomic E-state index is -0.0768.